The summed E-state index contributed by atoms with van der Waals surface area (Å²) in [6.45, 7) is 5.38. The number of nitrogens with zero attached hydrogens (tertiary/aromatic N) is 1. The molecule has 3 aliphatic heterocycles. The van der Waals surface area contributed by atoms with Crippen molar-refractivity contribution in [2.24, 2.45) is 11.8 Å². The average molecular weight is 988 g/mol. The van der Waals surface area contributed by atoms with E-state index < -0.39 is 77.3 Å². The minimum Gasteiger partial charge on any atom is -0.445 e. The van der Waals surface area contributed by atoms with E-state index in [-0.39, 0.29) is 113 Å². The molecule has 0 spiro atoms. The van der Waals surface area contributed by atoms with Crippen LogP contribution in [0.5, 0.6) is 0 Å². The highest BCUT2D eigenvalue weighted by atomic mass is 16.5. The van der Waals surface area contributed by atoms with Crippen LogP contribution in [-0.2, 0) is 59.2 Å². The quantitative estimate of drug-likeness (QED) is 0.0345. The summed E-state index contributed by atoms with van der Waals surface area (Å²) in [6.07, 6.45) is 1.14. The van der Waals surface area contributed by atoms with Crippen LogP contribution in [0.3, 0.4) is 0 Å². The number of rotatable bonds is 27. The number of fused-ring (bicyclic) bond motifs is 1. The van der Waals surface area contributed by atoms with Crippen LogP contribution in [0.1, 0.15) is 97.9 Å². The van der Waals surface area contributed by atoms with E-state index in [0.717, 1.165) is 17.7 Å². The molecule has 4 aliphatic rings. The number of carbonyl (C=O) groups is 11. The normalized spacial score (nSPS) is 18.2. The Morgan fingerprint density at radius 3 is 2.17 bits per heavy atom. The molecular formula is C48H61N9O14. The third-order valence-electron chi connectivity index (χ3n) is 11.9. The Balaban J connectivity index is 0.816. The highest BCUT2D eigenvalue weighted by Crippen LogP contribution is 2.32. The van der Waals surface area contributed by atoms with Crippen LogP contribution in [0.25, 0.3) is 0 Å². The van der Waals surface area contributed by atoms with E-state index in [1.54, 1.807) is 36.4 Å². The van der Waals surface area contributed by atoms with E-state index in [1.165, 1.54) is 6.07 Å². The number of Topliss-reactive ketones (excluding diaryl/α,β-unsaturated/α-hetero) is 1. The second-order valence-corrected chi connectivity index (χ2v) is 18.0. The lowest BCUT2D eigenvalue weighted by Crippen LogP contribution is -2.55. The van der Waals surface area contributed by atoms with Crippen LogP contribution in [-0.4, -0.2) is 140 Å². The summed E-state index contributed by atoms with van der Waals surface area (Å²) in [5.74, 6) is -6.34. The number of imide groups is 2. The first kappa shape index (κ1) is 53.1. The van der Waals surface area contributed by atoms with Gasteiger partial charge >= 0.3 is 6.09 Å². The summed E-state index contributed by atoms with van der Waals surface area (Å²) < 4.78 is 16.5. The number of ether oxygens (including phenoxy) is 3. The molecule has 0 aromatic heterocycles. The van der Waals surface area contributed by atoms with Crippen molar-refractivity contribution >= 4 is 76.4 Å². The van der Waals surface area contributed by atoms with Gasteiger partial charge in [0, 0.05) is 62.2 Å². The summed E-state index contributed by atoms with van der Waals surface area (Å²) in [5.41, 5.74) is 1.75. The second kappa shape index (κ2) is 25.5. The number of hydrogen-bond donors (Lipinski definition) is 8. The maximum absolute atomic E-state index is 13.5. The van der Waals surface area contributed by atoms with E-state index in [9.17, 15) is 52.7 Å². The van der Waals surface area contributed by atoms with Crippen molar-refractivity contribution in [2.45, 2.75) is 102 Å². The molecule has 1 saturated carbocycles. The molecule has 1 aliphatic carbocycles. The topological polar surface area (TPSA) is 315 Å². The molecule has 3 fully saturated rings. The molecule has 23 heteroatoms. The van der Waals surface area contributed by atoms with Gasteiger partial charge in [-0.3, -0.25) is 58.2 Å². The van der Waals surface area contributed by atoms with E-state index >= 15 is 0 Å². The average Bonchev–Trinajstić information content (AvgIpc) is 4.01. The zero-order valence-electron chi connectivity index (χ0n) is 39.7. The summed E-state index contributed by atoms with van der Waals surface area (Å²) in [6, 6.07) is 7.71. The molecule has 8 N–H and O–H groups in total. The summed E-state index contributed by atoms with van der Waals surface area (Å²) >= 11 is 0. The Kier molecular flexibility index (Phi) is 19.1. The lowest BCUT2D eigenvalue weighted by atomic mass is 9.94. The van der Waals surface area contributed by atoms with Gasteiger partial charge in [0.25, 0.3) is 17.7 Å². The molecule has 2 aromatic rings. The van der Waals surface area contributed by atoms with Gasteiger partial charge in [-0.15, -0.1) is 0 Å². The van der Waals surface area contributed by atoms with Crippen LogP contribution in [0, 0.1) is 11.8 Å². The minimum atomic E-state index is -1.27. The minimum absolute atomic E-state index is 0.0262. The first-order valence-corrected chi connectivity index (χ1v) is 23.8. The SMILES string of the molecule is CC(C)C[C@H](NC(=O)OCc1ccc(NC(=O)CCC(=O)NCCOCCOCCNc2cccc3c2C(=O)N(C2CCC(=O)NC2=O)C3=O)cc1)C(=O)N[C@@H](C[C@@H]1CCNC1=O)C(=O)C(=O)NC1CC1. The number of carbonyl (C=O) groups excluding carboxylic acids is 11. The van der Waals surface area contributed by atoms with Crippen molar-refractivity contribution in [1.82, 2.24) is 36.8 Å². The fraction of sp³-hybridized carbons (Fsp3) is 0.521. The van der Waals surface area contributed by atoms with Gasteiger partial charge in [-0.25, -0.2) is 4.79 Å². The maximum Gasteiger partial charge on any atom is 0.408 e. The first-order valence-electron chi connectivity index (χ1n) is 23.8. The van der Waals surface area contributed by atoms with E-state index in [0.29, 0.717) is 36.4 Å². The summed E-state index contributed by atoms with van der Waals surface area (Å²) in [7, 11) is 0. The molecule has 0 radical (unpaired) electrons. The predicted octanol–water partition coefficient (Wildman–Crippen LogP) is 0.568. The number of benzene rings is 2. The van der Waals surface area contributed by atoms with Crippen LogP contribution < -0.4 is 42.5 Å². The zero-order valence-corrected chi connectivity index (χ0v) is 39.7. The Labute approximate surface area is 409 Å². The smallest absolute Gasteiger partial charge is 0.408 e. The van der Waals surface area contributed by atoms with Gasteiger partial charge in [-0.1, -0.05) is 32.0 Å². The molecule has 23 nitrogen and oxygen atoms in total. The number of ketones is 1. The summed E-state index contributed by atoms with van der Waals surface area (Å²) in [4.78, 5) is 140. The van der Waals surface area contributed by atoms with Crippen molar-refractivity contribution < 1.29 is 67.0 Å². The van der Waals surface area contributed by atoms with E-state index in [2.05, 4.69) is 42.5 Å². The van der Waals surface area contributed by atoms with Crippen LogP contribution in [0.2, 0.25) is 0 Å². The lowest BCUT2D eigenvalue weighted by molar-refractivity contribution is -0.141. The van der Waals surface area contributed by atoms with Crippen LogP contribution in [0.4, 0.5) is 16.2 Å². The molecule has 6 rings (SSSR count). The Bertz CT molecular complexity index is 2350. The highest BCUT2D eigenvalue weighted by Gasteiger charge is 2.46. The van der Waals surface area contributed by atoms with Crippen molar-refractivity contribution in [3.63, 3.8) is 0 Å². The number of anilines is 2. The van der Waals surface area contributed by atoms with Crippen molar-refractivity contribution in [2.75, 3.05) is 56.7 Å². The van der Waals surface area contributed by atoms with Crippen LogP contribution in [0.15, 0.2) is 42.5 Å². The molecule has 1 unspecified atom stereocenters. The van der Waals surface area contributed by atoms with Gasteiger partial charge in [0.2, 0.25) is 41.2 Å². The Hall–Kier alpha value is -7.27. The van der Waals surface area contributed by atoms with Crippen molar-refractivity contribution in [3.8, 4) is 0 Å². The Morgan fingerprint density at radius 2 is 1.49 bits per heavy atom. The maximum atomic E-state index is 13.5. The third-order valence-corrected chi connectivity index (χ3v) is 11.9. The first-order chi connectivity index (χ1) is 34.1. The van der Waals surface area contributed by atoms with Gasteiger partial charge in [0.05, 0.1) is 43.6 Å². The molecular weight excluding hydrogens is 927 g/mol. The molecule has 382 valence electrons. The molecule has 4 atom stereocenters. The molecule has 2 saturated heterocycles. The number of nitrogens with one attached hydrogen (secondary N) is 8. The largest absolute Gasteiger partial charge is 0.445 e. The van der Waals surface area contributed by atoms with Gasteiger partial charge in [0.1, 0.15) is 18.7 Å². The summed E-state index contributed by atoms with van der Waals surface area (Å²) in [5, 5.41) is 21.1. The molecule has 71 heavy (non-hydrogen) atoms. The van der Waals surface area contributed by atoms with E-state index in [1.807, 2.05) is 13.8 Å². The number of piperidine rings is 1. The highest BCUT2D eigenvalue weighted by molar-refractivity contribution is 6.38. The van der Waals surface area contributed by atoms with Crippen molar-refractivity contribution in [1.29, 1.82) is 0 Å². The fourth-order valence-electron chi connectivity index (χ4n) is 8.06. The lowest BCUT2D eigenvalue weighted by Gasteiger charge is -2.27. The number of amides is 10. The number of alkyl carbamates (subject to hydrolysis) is 1. The standard InChI is InChI=1S/C48H61N9O14/c1-27(2)24-35(43(63)54-34(25-29-16-17-51-42(29)62)41(61)45(65)53-31-10-11-31)55-48(68)71-26-28-6-8-30(9-7-28)52-38(59)15-14-37(58)50-19-21-70-23-22-69-20-18-49-33-5-3-4-32-40(33)47(67)57(46(32)66)36-12-13-39(60)56-44(36)64/h3-9,27,29,31,34-36,49H,10-26H2,1-2H3,(H,50,58)(H,51,62)(H,52,59)(H,53,65)(H,54,63)(H,55,68)(H,56,60,64)/t29-,34-,35-,36?/m0/s1. The van der Waals surface area contributed by atoms with Gasteiger partial charge in [-0.05, 0) is 74.3 Å². The van der Waals surface area contributed by atoms with Crippen molar-refractivity contribution in [3.05, 3.63) is 59.2 Å². The molecule has 10 amide bonds. The fourth-order valence-corrected chi connectivity index (χ4v) is 8.06. The van der Waals surface area contributed by atoms with Gasteiger partial charge < -0.3 is 51.4 Å². The predicted molar refractivity (Wildman–Crippen MR) is 251 cm³/mol. The Morgan fingerprint density at radius 1 is 0.775 bits per heavy atom. The molecule has 0 bridgehead atoms. The van der Waals surface area contributed by atoms with Crippen LogP contribution >= 0.6 is 0 Å². The molecule has 2 aromatic carbocycles. The monoisotopic (exact) mass is 987 g/mol. The number of hydrogen-bond acceptors (Lipinski definition) is 15. The van der Waals surface area contributed by atoms with Gasteiger partial charge in [0.15, 0.2) is 0 Å². The zero-order chi connectivity index (χ0) is 51.0. The second-order valence-electron chi connectivity index (χ2n) is 18.0. The van der Waals surface area contributed by atoms with Gasteiger partial charge in [-0.2, -0.15) is 0 Å². The van der Waals surface area contributed by atoms with E-state index in [4.69, 9.17) is 14.2 Å². The third kappa shape index (κ3) is 15.6. The molecule has 3 heterocycles.